The van der Waals surface area contributed by atoms with Crippen molar-refractivity contribution in [2.24, 2.45) is 5.73 Å². The van der Waals surface area contributed by atoms with Gasteiger partial charge >= 0.3 is 5.56 Å². The topological polar surface area (TPSA) is 70.1 Å². The van der Waals surface area contributed by atoms with E-state index in [1.165, 1.54) is 10.8 Å². The molecule has 0 atom stereocenters. The summed E-state index contributed by atoms with van der Waals surface area (Å²) in [5.41, 5.74) is 6.07. The van der Waals surface area contributed by atoms with E-state index in [1.807, 2.05) is 6.92 Å². The molecule has 0 amide bonds. The molecule has 6 heteroatoms. The molecule has 2 N–H and O–H groups in total. The Labute approximate surface area is 115 Å². The van der Waals surface area contributed by atoms with Gasteiger partial charge in [0.25, 0.3) is 5.88 Å². The Morgan fingerprint density at radius 2 is 2.26 bits per heavy atom. The van der Waals surface area contributed by atoms with Crippen molar-refractivity contribution >= 4 is 11.6 Å². The fourth-order valence-electron chi connectivity index (χ4n) is 1.61. The lowest BCUT2D eigenvalue weighted by molar-refractivity contribution is 0.445. The highest BCUT2D eigenvalue weighted by Gasteiger charge is 2.08. The van der Waals surface area contributed by atoms with Crippen LogP contribution in [-0.4, -0.2) is 9.55 Å². The zero-order chi connectivity index (χ0) is 13.8. The van der Waals surface area contributed by atoms with Gasteiger partial charge in [-0.3, -0.25) is 4.79 Å². The first-order chi connectivity index (χ1) is 9.15. The number of hydrogen-bond acceptors (Lipinski definition) is 4. The smallest absolute Gasteiger partial charge is 0.313 e. The maximum atomic E-state index is 11.9. The molecule has 0 aliphatic rings. The van der Waals surface area contributed by atoms with Gasteiger partial charge in [-0.15, -0.1) is 0 Å². The zero-order valence-corrected chi connectivity index (χ0v) is 11.2. The number of ether oxygens (including phenoxy) is 1. The molecule has 2 rings (SSSR count). The van der Waals surface area contributed by atoms with Crippen LogP contribution in [-0.2, 0) is 13.1 Å². The van der Waals surface area contributed by atoms with E-state index in [9.17, 15) is 4.79 Å². The third-order valence-electron chi connectivity index (χ3n) is 2.68. The van der Waals surface area contributed by atoms with Crippen molar-refractivity contribution < 1.29 is 4.74 Å². The summed E-state index contributed by atoms with van der Waals surface area (Å²) in [5, 5.41) is 0.506. The molecule has 0 saturated carbocycles. The van der Waals surface area contributed by atoms with Gasteiger partial charge in [-0.2, -0.15) is 0 Å². The molecule has 0 spiro atoms. The van der Waals surface area contributed by atoms with Gasteiger partial charge in [0.05, 0.1) is 0 Å². The maximum absolute atomic E-state index is 11.9. The highest BCUT2D eigenvalue weighted by Crippen LogP contribution is 2.24. The molecule has 19 heavy (non-hydrogen) atoms. The van der Waals surface area contributed by atoms with Gasteiger partial charge in [0.15, 0.2) is 0 Å². The van der Waals surface area contributed by atoms with Crippen LogP contribution >= 0.6 is 11.6 Å². The second-order valence-electron chi connectivity index (χ2n) is 3.88. The fraction of sp³-hybridized carbons (Fsp3) is 0.231. The first-order valence-electron chi connectivity index (χ1n) is 5.87. The Kier molecular flexibility index (Phi) is 4.19. The first-order valence-corrected chi connectivity index (χ1v) is 6.25. The van der Waals surface area contributed by atoms with Crippen LogP contribution in [0.15, 0.2) is 35.4 Å². The van der Waals surface area contributed by atoms with Crippen LogP contribution in [0.4, 0.5) is 0 Å². The van der Waals surface area contributed by atoms with Crippen molar-refractivity contribution in [3.63, 3.8) is 0 Å². The molecular formula is C13H14ClN3O2. The van der Waals surface area contributed by atoms with Crippen molar-refractivity contribution in [1.82, 2.24) is 9.55 Å². The van der Waals surface area contributed by atoms with Crippen molar-refractivity contribution in [1.29, 1.82) is 0 Å². The first kappa shape index (κ1) is 13.6. The molecule has 0 bridgehead atoms. The van der Waals surface area contributed by atoms with E-state index in [1.54, 1.807) is 24.4 Å². The van der Waals surface area contributed by atoms with Gasteiger partial charge in [0.2, 0.25) is 0 Å². The third-order valence-corrected chi connectivity index (χ3v) is 3.03. The summed E-state index contributed by atoms with van der Waals surface area (Å²) >= 11 is 6.03. The van der Waals surface area contributed by atoms with Crippen LogP contribution in [0.3, 0.4) is 0 Å². The molecule has 0 unspecified atom stereocenters. The highest BCUT2D eigenvalue weighted by atomic mass is 35.5. The predicted molar refractivity (Wildman–Crippen MR) is 73.6 cm³/mol. The van der Waals surface area contributed by atoms with Crippen LogP contribution in [0.1, 0.15) is 12.5 Å². The second-order valence-corrected chi connectivity index (χ2v) is 4.29. The molecule has 1 heterocycles. The summed E-state index contributed by atoms with van der Waals surface area (Å²) in [5.74, 6) is 0.488. The van der Waals surface area contributed by atoms with Crippen molar-refractivity contribution in [3.8, 4) is 11.6 Å². The summed E-state index contributed by atoms with van der Waals surface area (Å²) < 4.78 is 6.97. The summed E-state index contributed by atoms with van der Waals surface area (Å²) in [7, 11) is 0. The minimum absolute atomic E-state index is 0.0286. The number of hydrogen-bond donors (Lipinski definition) is 1. The Balaban J connectivity index is 2.31. The van der Waals surface area contributed by atoms with Gasteiger partial charge in [-0.05, 0) is 24.6 Å². The van der Waals surface area contributed by atoms with Crippen molar-refractivity contribution in [2.45, 2.75) is 20.0 Å². The Hall–Kier alpha value is -1.85. The molecule has 0 saturated heterocycles. The number of benzene rings is 1. The third kappa shape index (κ3) is 2.94. The SMILES string of the molecule is CCn1ccnc(Oc2ccc(CN)c(Cl)c2)c1=O. The maximum Gasteiger partial charge on any atom is 0.313 e. The van der Waals surface area contributed by atoms with Crippen molar-refractivity contribution in [3.05, 3.63) is 51.5 Å². The Bertz CT molecular complexity index is 640. The monoisotopic (exact) mass is 279 g/mol. The lowest BCUT2D eigenvalue weighted by Gasteiger charge is -2.08. The molecule has 1 aromatic carbocycles. The molecular weight excluding hydrogens is 266 g/mol. The second kappa shape index (κ2) is 5.86. The van der Waals surface area contributed by atoms with E-state index in [2.05, 4.69) is 4.98 Å². The summed E-state index contributed by atoms with van der Waals surface area (Å²) in [4.78, 5) is 15.9. The molecule has 1 aromatic heterocycles. The van der Waals surface area contributed by atoms with E-state index in [-0.39, 0.29) is 11.4 Å². The van der Waals surface area contributed by atoms with Gasteiger partial charge in [-0.25, -0.2) is 4.98 Å². The van der Waals surface area contributed by atoms with Crippen LogP contribution in [0.5, 0.6) is 11.6 Å². The Morgan fingerprint density at radius 3 is 2.89 bits per heavy atom. The lowest BCUT2D eigenvalue weighted by Crippen LogP contribution is -2.20. The highest BCUT2D eigenvalue weighted by molar-refractivity contribution is 6.31. The molecule has 100 valence electrons. The van der Waals surface area contributed by atoms with E-state index >= 15 is 0 Å². The minimum atomic E-state index is -0.274. The average molecular weight is 280 g/mol. The molecule has 0 radical (unpaired) electrons. The average Bonchev–Trinajstić information content (AvgIpc) is 2.41. The molecule has 0 fully saturated rings. The lowest BCUT2D eigenvalue weighted by atomic mass is 10.2. The molecule has 5 nitrogen and oxygen atoms in total. The van der Waals surface area contributed by atoms with Gasteiger partial charge < -0.3 is 15.0 Å². The minimum Gasteiger partial charge on any atom is -0.435 e. The molecule has 0 aliphatic carbocycles. The van der Waals surface area contributed by atoms with E-state index in [0.717, 1.165) is 5.56 Å². The number of halogens is 1. The summed E-state index contributed by atoms with van der Waals surface area (Å²) in [6.07, 6.45) is 3.13. The number of aryl methyl sites for hydroxylation is 1. The zero-order valence-electron chi connectivity index (χ0n) is 10.5. The number of nitrogens with two attached hydrogens (primary N) is 1. The number of aromatic nitrogens is 2. The van der Waals surface area contributed by atoms with Crippen LogP contribution in [0, 0.1) is 0 Å². The number of nitrogens with zero attached hydrogens (tertiary/aromatic N) is 2. The van der Waals surface area contributed by atoms with E-state index in [4.69, 9.17) is 22.1 Å². The van der Waals surface area contributed by atoms with Crippen LogP contribution in [0.25, 0.3) is 0 Å². The van der Waals surface area contributed by atoms with Gasteiger partial charge in [-0.1, -0.05) is 17.7 Å². The number of rotatable bonds is 4. The van der Waals surface area contributed by atoms with Crippen LogP contribution in [0.2, 0.25) is 5.02 Å². The van der Waals surface area contributed by atoms with Crippen molar-refractivity contribution in [2.75, 3.05) is 0 Å². The normalized spacial score (nSPS) is 10.5. The summed E-state index contributed by atoms with van der Waals surface area (Å²) in [6, 6.07) is 5.09. The van der Waals surface area contributed by atoms with Gasteiger partial charge in [0, 0.05) is 30.5 Å². The quantitative estimate of drug-likeness (QED) is 0.931. The molecule has 2 aromatic rings. The van der Waals surface area contributed by atoms with E-state index in [0.29, 0.717) is 23.9 Å². The van der Waals surface area contributed by atoms with Crippen LogP contribution < -0.4 is 16.0 Å². The predicted octanol–water partition coefficient (Wildman–Crippen LogP) is 2.17. The van der Waals surface area contributed by atoms with Gasteiger partial charge in [0.1, 0.15) is 5.75 Å². The molecule has 0 aliphatic heterocycles. The fourth-order valence-corrected chi connectivity index (χ4v) is 1.86. The van der Waals surface area contributed by atoms with E-state index < -0.39 is 0 Å². The summed E-state index contributed by atoms with van der Waals surface area (Å²) in [6.45, 7) is 2.79. The Morgan fingerprint density at radius 1 is 1.47 bits per heavy atom. The largest absolute Gasteiger partial charge is 0.435 e. The standard InChI is InChI=1S/C13H14ClN3O2/c1-2-17-6-5-16-12(13(17)18)19-10-4-3-9(8-15)11(14)7-10/h3-7H,2,8,15H2,1H3.